The number of halogens is 5. The molecule has 0 amide bonds. The first-order valence-electron chi connectivity index (χ1n) is 4.38. The number of aromatic nitrogens is 1. The van der Waals surface area contributed by atoms with Gasteiger partial charge in [0.2, 0.25) is 5.88 Å². The molecular weight excluding hydrogens is 434 g/mol. The van der Waals surface area contributed by atoms with E-state index in [1.165, 1.54) is 6.07 Å². The van der Waals surface area contributed by atoms with Crippen molar-refractivity contribution in [1.29, 1.82) is 0 Å². The molecule has 0 bridgehead atoms. The van der Waals surface area contributed by atoms with Crippen molar-refractivity contribution in [3.8, 4) is 5.88 Å². The molecule has 0 N–H and O–H groups in total. The van der Waals surface area contributed by atoms with E-state index in [2.05, 4.69) is 30.4 Å². The summed E-state index contributed by atoms with van der Waals surface area (Å²) >= 11 is 4.80. The Balaban J connectivity index is 3.26. The lowest BCUT2D eigenvalue weighted by Gasteiger charge is -2.13. The number of pyridine rings is 1. The molecule has 1 heterocycles. The number of rotatable bonds is 3. The van der Waals surface area contributed by atoms with Crippen LogP contribution >= 0.6 is 38.5 Å². The number of carbonyl (C=O) groups excluding carboxylic acids is 1. The zero-order valence-corrected chi connectivity index (χ0v) is 12.6. The van der Waals surface area contributed by atoms with E-state index in [1.54, 1.807) is 22.6 Å². The first-order valence-corrected chi connectivity index (χ1v) is 6.58. The minimum absolute atomic E-state index is 0.114. The largest absolute Gasteiger partial charge is 0.574 e. The second kappa shape index (κ2) is 6.04. The molecule has 4 nitrogen and oxygen atoms in total. The Morgan fingerprint density at radius 2 is 2.17 bits per heavy atom. The minimum atomic E-state index is -4.87. The lowest BCUT2D eigenvalue weighted by molar-refractivity contribution is -0.276. The van der Waals surface area contributed by atoms with Gasteiger partial charge in [-0.25, -0.2) is 9.78 Å². The van der Waals surface area contributed by atoms with Crippen molar-refractivity contribution in [1.82, 2.24) is 4.98 Å². The molecule has 0 unspecified atom stereocenters. The molecule has 100 valence electrons. The maximum Gasteiger partial charge on any atom is 0.574 e. The molecule has 1 rings (SSSR count). The van der Waals surface area contributed by atoms with Crippen LogP contribution in [0.1, 0.15) is 16.1 Å². The Hall–Kier alpha value is -0.580. The van der Waals surface area contributed by atoms with E-state index < -0.39 is 18.2 Å². The number of esters is 1. The Bertz CT molecular complexity index is 467. The highest BCUT2D eigenvalue weighted by Crippen LogP contribution is 2.28. The Kier molecular flexibility index (Phi) is 5.20. The van der Waals surface area contributed by atoms with Gasteiger partial charge < -0.3 is 9.47 Å². The predicted molar refractivity (Wildman–Crippen MR) is 67.6 cm³/mol. The molecule has 1 aromatic rings. The van der Waals surface area contributed by atoms with Gasteiger partial charge in [-0.15, -0.1) is 13.2 Å². The van der Waals surface area contributed by atoms with E-state index in [4.69, 9.17) is 0 Å². The Morgan fingerprint density at radius 1 is 1.56 bits per heavy atom. The zero-order valence-electron chi connectivity index (χ0n) is 8.85. The van der Waals surface area contributed by atoms with Crippen LogP contribution in [0.2, 0.25) is 0 Å². The predicted octanol–water partition coefficient (Wildman–Crippen LogP) is 3.27. The van der Waals surface area contributed by atoms with Gasteiger partial charge in [0.05, 0.1) is 7.11 Å². The maximum atomic E-state index is 12.2. The van der Waals surface area contributed by atoms with Crippen molar-refractivity contribution < 1.29 is 27.4 Å². The van der Waals surface area contributed by atoms with Gasteiger partial charge in [0.15, 0.2) is 5.69 Å². The second-order valence-corrected chi connectivity index (χ2v) is 4.68. The smallest absolute Gasteiger partial charge is 0.464 e. The van der Waals surface area contributed by atoms with Crippen LogP contribution in [-0.4, -0.2) is 24.4 Å². The van der Waals surface area contributed by atoms with E-state index >= 15 is 0 Å². The highest BCUT2D eigenvalue weighted by atomic mass is 127. The SMILES string of the molecule is COC(=O)c1nc(OC(F)(F)F)c(CBr)cc1I. The third kappa shape index (κ3) is 3.97. The van der Waals surface area contributed by atoms with E-state index in [9.17, 15) is 18.0 Å². The van der Waals surface area contributed by atoms with E-state index in [1.807, 2.05) is 0 Å². The van der Waals surface area contributed by atoms with Crippen LogP contribution in [0.15, 0.2) is 6.07 Å². The van der Waals surface area contributed by atoms with Gasteiger partial charge in [-0.1, -0.05) is 15.9 Å². The summed E-state index contributed by atoms with van der Waals surface area (Å²) in [4.78, 5) is 14.9. The molecule has 0 saturated heterocycles. The molecule has 0 aliphatic heterocycles. The number of hydrogen-bond donors (Lipinski definition) is 0. The lowest BCUT2D eigenvalue weighted by atomic mass is 10.2. The van der Waals surface area contributed by atoms with Crippen LogP contribution in [0.4, 0.5) is 13.2 Å². The van der Waals surface area contributed by atoms with Crippen LogP contribution in [0.5, 0.6) is 5.88 Å². The normalized spacial score (nSPS) is 11.2. The van der Waals surface area contributed by atoms with E-state index in [0.717, 1.165) is 7.11 Å². The quantitative estimate of drug-likeness (QED) is 0.412. The summed E-state index contributed by atoms with van der Waals surface area (Å²) in [5.41, 5.74) is -0.0357. The summed E-state index contributed by atoms with van der Waals surface area (Å²) in [6.07, 6.45) is -4.87. The Labute approximate surface area is 122 Å². The zero-order chi connectivity index (χ0) is 13.9. The monoisotopic (exact) mass is 439 g/mol. The Morgan fingerprint density at radius 3 is 2.61 bits per heavy atom. The van der Waals surface area contributed by atoms with Gasteiger partial charge in [0, 0.05) is 14.5 Å². The van der Waals surface area contributed by atoms with E-state index in [0.29, 0.717) is 3.57 Å². The molecule has 0 radical (unpaired) electrons. The first-order chi connectivity index (χ1) is 8.28. The molecule has 0 aliphatic carbocycles. The van der Waals surface area contributed by atoms with Gasteiger partial charge in [0.1, 0.15) is 0 Å². The third-order valence-corrected chi connectivity index (χ3v) is 3.18. The molecule has 0 aliphatic rings. The minimum Gasteiger partial charge on any atom is -0.464 e. The first kappa shape index (κ1) is 15.5. The van der Waals surface area contributed by atoms with Gasteiger partial charge in [-0.2, -0.15) is 0 Å². The topological polar surface area (TPSA) is 48.4 Å². The maximum absolute atomic E-state index is 12.2. The highest BCUT2D eigenvalue weighted by Gasteiger charge is 2.33. The van der Waals surface area contributed by atoms with Gasteiger partial charge >= 0.3 is 12.3 Å². The van der Waals surface area contributed by atoms with Gasteiger partial charge in [0.25, 0.3) is 0 Å². The van der Waals surface area contributed by atoms with Crippen LogP contribution in [0.25, 0.3) is 0 Å². The van der Waals surface area contributed by atoms with Crippen molar-refractivity contribution >= 4 is 44.5 Å². The van der Waals surface area contributed by atoms with Gasteiger partial charge in [-0.05, 0) is 28.7 Å². The van der Waals surface area contributed by atoms with Crippen molar-refractivity contribution in [3.05, 3.63) is 20.9 Å². The van der Waals surface area contributed by atoms with Crippen molar-refractivity contribution in [2.45, 2.75) is 11.7 Å². The fraction of sp³-hybridized carbons (Fsp3) is 0.333. The molecular formula is C9H6BrF3INO3. The van der Waals surface area contributed by atoms with Crippen LogP contribution < -0.4 is 4.74 Å². The molecule has 0 saturated carbocycles. The average Bonchev–Trinajstić information content (AvgIpc) is 2.28. The molecule has 18 heavy (non-hydrogen) atoms. The number of alkyl halides is 4. The molecule has 0 atom stereocenters. The standard InChI is InChI=1S/C9H6BrF3INO3/c1-17-8(16)6-5(14)2-4(3-10)7(15-6)18-9(11,12)13/h2H,3H2,1H3. The van der Waals surface area contributed by atoms with Crippen LogP contribution in [0, 0.1) is 3.57 Å². The summed E-state index contributed by atoms with van der Waals surface area (Å²) in [6, 6.07) is 1.37. The summed E-state index contributed by atoms with van der Waals surface area (Å²) in [5.74, 6) is -1.49. The molecule has 0 aromatic carbocycles. The molecule has 9 heteroatoms. The highest BCUT2D eigenvalue weighted by molar-refractivity contribution is 14.1. The molecule has 0 spiro atoms. The number of carbonyl (C=O) groups is 1. The fourth-order valence-electron chi connectivity index (χ4n) is 1.04. The summed E-state index contributed by atoms with van der Waals surface area (Å²) in [7, 11) is 1.11. The number of nitrogens with zero attached hydrogens (tertiary/aromatic N) is 1. The third-order valence-electron chi connectivity index (χ3n) is 1.75. The van der Waals surface area contributed by atoms with Crippen LogP contribution in [-0.2, 0) is 10.1 Å². The summed E-state index contributed by atoms with van der Waals surface area (Å²) < 4.78 is 45.1. The van der Waals surface area contributed by atoms with Crippen LogP contribution in [0.3, 0.4) is 0 Å². The number of hydrogen-bond acceptors (Lipinski definition) is 4. The molecule has 1 aromatic heterocycles. The number of ether oxygens (including phenoxy) is 2. The summed E-state index contributed by atoms with van der Waals surface area (Å²) in [5, 5.41) is 0.114. The lowest BCUT2D eigenvalue weighted by Crippen LogP contribution is -2.20. The fourth-order valence-corrected chi connectivity index (χ4v) is 2.16. The summed E-state index contributed by atoms with van der Waals surface area (Å²) in [6.45, 7) is 0. The van der Waals surface area contributed by atoms with Crippen molar-refractivity contribution in [3.63, 3.8) is 0 Å². The second-order valence-electron chi connectivity index (χ2n) is 2.96. The number of methoxy groups -OCH3 is 1. The van der Waals surface area contributed by atoms with Gasteiger partial charge in [-0.3, -0.25) is 0 Å². The molecule has 0 fully saturated rings. The van der Waals surface area contributed by atoms with Crippen molar-refractivity contribution in [2.75, 3.05) is 7.11 Å². The van der Waals surface area contributed by atoms with Crippen molar-refractivity contribution in [2.24, 2.45) is 0 Å². The average molecular weight is 440 g/mol. The van der Waals surface area contributed by atoms with E-state index in [-0.39, 0.29) is 16.6 Å².